The molecule has 5 heteroatoms. The Morgan fingerprint density at radius 1 is 1.29 bits per heavy atom. The van der Waals surface area contributed by atoms with E-state index in [2.05, 4.69) is 24.0 Å². The number of carbonyl (C=O) groups is 1. The van der Waals surface area contributed by atoms with E-state index in [4.69, 9.17) is 0 Å². The number of rotatable bonds is 4. The van der Waals surface area contributed by atoms with Crippen LogP contribution in [0.4, 0.5) is 0 Å². The van der Waals surface area contributed by atoms with Gasteiger partial charge in [-0.05, 0) is 37.6 Å². The zero-order valence-electron chi connectivity index (χ0n) is 12.0. The number of fused-ring (bicyclic) bond motifs is 1. The van der Waals surface area contributed by atoms with E-state index < -0.39 is 5.97 Å². The first-order chi connectivity index (χ1) is 10.1. The van der Waals surface area contributed by atoms with Crippen LogP contribution in [0.25, 0.3) is 11.0 Å². The molecule has 0 aliphatic carbocycles. The number of nitrogens with zero attached hydrogens (tertiary/aromatic N) is 2. The van der Waals surface area contributed by atoms with Crippen molar-refractivity contribution in [1.29, 1.82) is 0 Å². The molecule has 4 nitrogen and oxygen atoms in total. The van der Waals surface area contributed by atoms with Crippen molar-refractivity contribution in [2.45, 2.75) is 26.8 Å². The van der Waals surface area contributed by atoms with Crippen molar-refractivity contribution in [3.05, 3.63) is 51.5 Å². The zero-order valence-corrected chi connectivity index (χ0v) is 12.8. The molecule has 2 heterocycles. The number of aromatic carboxylic acids is 1. The maximum Gasteiger partial charge on any atom is 0.337 e. The average molecular weight is 300 g/mol. The number of para-hydroxylation sites is 1. The predicted octanol–water partition coefficient (Wildman–Crippen LogP) is 3.72. The fraction of sp³-hybridized carbons (Fsp3) is 0.250. The summed E-state index contributed by atoms with van der Waals surface area (Å²) < 4.78 is 1.99. The Kier molecular flexibility index (Phi) is 3.51. The molecule has 0 bridgehead atoms. The third-order valence-corrected chi connectivity index (χ3v) is 4.78. The molecule has 108 valence electrons. The molecule has 1 N–H and O–H groups in total. The number of benzene rings is 1. The van der Waals surface area contributed by atoms with E-state index in [1.807, 2.05) is 17.6 Å². The molecule has 0 saturated heterocycles. The van der Waals surface area contributed by atoms with Gasteiger partial charge in [-0.2, -0.15) is 0 Å². The van der Waals surface area contributed by atoms with Crippen molar-refractivity contribution in [2.75, 3.05) is 0 Å². The highest BCUT2D eigenvalue weighted by molar-refractivity contribution is 7.11. The standard InChI is InChI=1S/C16H16N2O2S/c1-3-11-7-8-12(21-11)9-18-10(2)17-14-6-4-5-13(15(14)18)16(19)20/h4-8H,3,9H2,1-2H3,(H,19,20). The van der Waals surface area contributed by atoms with Gasteiger partial charge in [0.2, 0.25) is 0 Å². The van der Waals surface area contributed by atoms with Gasteiger partial charge in [0.1, 0.15) is 5.82 Å². The maximum absolute atomic E-state index is 11.4. The van der Waals surface area contributed by atoms with Crippen LogP contribution in [0.2, 0.25) is 0 Å². The van der Waals surface area contributed by atoms with Crippen molar-refractivity contribution < 1.29 is 9.90 Å². The Labute approximate surface area is 126 Å². The van der Waals surface area contributed by atoms with E-state index in [0.717, 1.165) is 17.8 Å². The second-order valence-corrected chi connectivity index (χ2v) is 6.20. The molecular formula is C16H16N2O2S. The Hall–Kier alpha value is -2.14. The predicted molar refractivity (Wildman–Crippen MR) is 84.2 cm³/mol. The molecule has 0 aliphatic heterocycles. The zero-order chi connectivity index (χ0) is 15.0. The van der Waals surface area contributed by atoms with Crippen LogP contribution in [0.15, 0.2) is 30.3 Å². The minimum absolute atomic E-state index is 0.306. The first-order valence-corrected chi connectivity index (χ1v) is 7.68. The lowest BCUT2D eigenvalue weighted by molar-refractivity contribution is 0.0698. The highest BCUT2D eigenvalue weighted by atomic mass is 32.1. The lowest BCUT2D eigenvalue weighted by Crippen LogP contribution is -2.05. The van der Waals surface area contributed by atoms with Gasteiger partial charge in [-0.15, -0.1) is 11.3 Å². The van der Waals surface area contributed by atoms with Crippen LogP contribution >= 0.6 is 11.3 Å². The van der Waals surface area contributed by atoms with E-state index in [0.29, 0.717) is 17.6 Å². The van der Waals surface area contributed by atoms with Crippen LogP contribution in [0.1, 0.15) is 32.9 Å². The largest absolute Gasteiger partial charge is 0.478 e. The summed E-state index contributed by atoms with van der Waals surface area (Å²) in [7, 11) is 0. The molecule has 0 radical (unpaired) electrons. The van der Waals surface area contributed by atoms with Crippen LogP contribution in [0.3, 0.4) is 0 Å². The minimum Gasteiger partial charge on any atom is -0.478 e. The third-order valence-electron chi connectivity index (χ3n) is 3.57. The molecular weight excluding hydrogens is 284 g/mol. The summed E-state index contributed by atoms with van der Waals surface area (Å²) in [6, 6.07) is 9.47. The van der Waals surface area contributed by atoms with E-state index in [-0.39, 0.29) is 0 Å². The monoisotopic (exact) mass is 300 g/mol. The summed E-state index contributed by atoms with van der Waals surface area (Å²) in [5.41, 5.74) is 1.74. The van der Waals surface area contributed by atoms with Gasteiger partial charge in [0.25, 0.3) is 0 Å². The summed E-state index contributed by atoms with van der Waals surface area (Å²) >= 11 is 1.77. The molecule has 0 saturated carbocycles. The van der Waals surface area contributed by atoms with Gasteiger partial charge < -0.3 is 9.67 Å². The second kappa shape index (κ2) is 5.33. The highest BCUT2D eigenvalue weighted by Gasteiger charge is 2.16. The molecule has 0 amide bonds. The van der Waals surface area contributed by atoms with Crippen LogP contribution < -0.4 is 0 Å². The molecule has 2 aromatic heterocycles. The van der Waals surface area contributed by atoms with E-state index in [1.54, 1.807) is 23.5 Å². The first kappa shape index (κ1) is 13.8. The average Bonchev–Trinajstić information content (AvgIpc) is 3.04. The highest BCUT2D eigenvalue weighted by Crippen LogP contribution is 2.24. The minimum atomic E-state index is -0.915. The van der Waals surface area contributed by atoms with Crippen LogP contribution in [-0.2, 0) is 13.0 Å². The quantitative estimate of drug-likeness (QED) is 0.799. The van der Waals surface area contributed by atoms with Crippen molar-refractivity contribution >= 4 is 28.3 Å². The van der Waals surface area contributed by atoms with Gasteiger partial charge in [0.15, 0.2) is 0 Å². The molecule has 0 aliphatic rings. The lowest BCUT2D eigenvalue weighted by atomic mass is 10.2. The van der Waals surface area contributed by atoms with Gasteiger partial charge in [0, 0.05) is 9.75 Å². The number of hydrogen-bond donors (Lipinski definition) is 1. The number of aromatic nitrogens is 2. The van der Waals surface area contributed by atoms with Crippen molar-refractivity contribution in [3.63, 3.8) is 0 Å². The molecule has 3 aromatic rings. The Bertz CT molecular complexity index is 817. The second-order valence-electron chi connectivity index (χ2n) is 4.95. The fourth-order valence-corrected chi connectivity index (χ4v) is 3.47. The van der Waals surface area contributed by atoms with Crippen LogP contribution in [-0.4, -0.2) is 20.6 Å². The van der Waals surface area contributed by atoms with E-state index in [1.165, 1.54) is 9.75 Å². The fourth-order valence-electron chi connectivity index (χ4n) is 2.52. The molecule has 1 aromatic carbocycles. The lowest BCUT2D eigenvalue weighted by Gasteiger charge is -2.07. The van der Waals surface area contributed by atoms with Gasteiger partial charge in [0.05, 0.1) is 23.1 Å². The summed E-state index contributed by atoms with van der Waals surface area (Å²) in [6.07, 6.45) is 1.02. The van der Waals surface area contributed by atoms with Crippen molar-refractivity contribution in [1.82, 2.24) is 9.55 Å². The number of thiophene rings is 1. The SMILES string of the molecule is CCc1ccc(Cn2c(C)nc3cccc(C(=O)O)c32)s1. The summed E-state index contributed by atoms with van der Waals surface area (Å²) in [5, 5.41) is 9.39. The Morgan fingerprint density at radius 2 is 2.05 bits per heavy atom. The number of imidazole rings is 1. The number of aryl methyl sites for hydroxylation is 2. The molecule has 21 heavy (non-hydrogen) atoms. The molecule has 0 fully saturated rings. The maximum atomic E-state index is 11.4. The molecule has 0 unspecified atom stereocenters. The first-order valence-electron chi connectivity index (χ1n) is 6.87. The van der Waals surface area contributed by atoms with Gasteiger partial charge >= 0.3 is 5.97 Å². The summed E-state index contributed by atoms with van der Waals surface area (Å²) in [5.74, 6) is -0.0766. The number of carboxylic acids is 1. The van der Waals surface area contributed by atoms with E-state index >= 15 is 0 Å². The van der Waals surface area contributed by atoms with Gasteiger partial charge in [-0.1, -0.05) is 13.0 Å². The molecule has 0 atom stereocenters. The van der Waals surface area contributed by atoms with Crippen molar-refractivity contribution in [3.8, 4) is 0 Å². The third kappa shape index (κ3) is 2.45. The van der Waals surface area contributed by atoms with Crippen LogP contribution in [0.5, 0.6) is 0 Å². The summed E-state index contributed by atoms with van der Waals surface area (Å²) in [6.45, 7) is 4.72. The Morgan fingerprint density at radius 3 is 2.71 bits per heavy atom. The summed E-state index contributed by atoms with van der Waals surface area (Å²) in [4.78, 5) is 18.5. The van der Waals surface area contributed by atoms with Gasteiger partial charge in [-0.3, -0.25) is 0 Å². The smallest absolute Gasteiger partial charge is 0.337 e. The van der Waals surface area contributed by atoms with Gasteiger partial charge in [-0.25, -0.2) is 9.78 Å². The number of carboxylic acid groups (broad SMARTS) is 1. The normalized spacial score (nSPS) is 11.1. The van der Waals surface area contributed by atoms with E-state index in [9.17, 15) is 9.90 Å². The molecule has 3 rings (SSSR count). The topological polar surface area (TPSA) is 55.1 Å². The number of hydrogen-bond acceptors (Lipinski definition) is 3. The van der Waals surface area contributed by atoms with Crippen LogP contribution in [0, 0.1) is 6.92 Å². The Balaban J connectivity index is 2.12. The van der Waals surface area contributed by atoms with Crippen molar-refractivity contribution in [2.24, 2.45) is 0 Å². The molecule has 0 spiro atoms.